The lowest BCUT2D eigenvalue weighted by Gasteiger charge is -2.19. The van der Waals surface area contributed by atoms with Gasteiger partial charge in [0.25, 0.3) is 0 Å². The summed E-state index contributed by atoms with van der Waals surface area (Å²) in [5.74, 6) is -0.952. The van der Waals surface area contributed by atoms with Gasteiger partial charge in [0.1, 0.15) is 11.6 Å². The van der Waals surface area contributed by atoms with Crippen LogP contribution >= 0.6 is 0 Å². The summed E-state index contributed by atoms with van der Waals surface area (Å²) in [6.45, 7) is 2.82. The van der Waals surface area contributed by atoms with Gasteiger partial charge in [-0.1, -0.05) is 6.07 Å². The van der Waals surface area contributed by atoms with Crippen LogP contribution in [0.3, 0.4) is 0 Å². The van der Waals surface area contributed by atoms with Gasteiger partial charge in [0.05, 0.1) is 13.0 Å². The lowest BCUT2D eigenvalue weighted by atomic mass is 10.2. The highest BCUT2D eigenvalue weighted by Crippen LogP contribution is 2.12. The van der Waals surface area contributed by atoms with Gasteiger partial charge < -0.3 is 14.7 Å². The molecule has 0 bridgehead atoms. The highest BCUT2D eigenvalue weighted by Gasteiger charge is 2.12. The molecule has 0 heterocycles. The number of aliphatic carboxylic acids is 1. The lowest BCUT2D eigenvalue weighted by molar-refractivity contribution is -0.138. The molecule has 116 valence electrons. The van der Waals surface area contributed by atoms with E-state index in [0.29, 0.717) is 25.3 Å². The molecule has 1 N–H and O–H groups in total. The summed E-state index contributed by atoms with van der Waals surface area (Å²) in [6.07, 6.45) is 0.723. The van der Waals surface area contributed by atoms with Gasteiger partial charge in [-0.15, -0.1) is 0 Å². The Kier molecular flexibility index (Phi) is 7.21. The Hall–Kier alpha value is -2.11. The molecule has 0 fully saturated rings. The first-order chi connectivity index (χ1) is 10.0. The van der Waals surface area contributed by atoms with E-state index in [1.54, 1.807) is 12.1 Å². The molecule has 1 amide bonds. The van der Waals surface area contributed by atoms with Crippen molar-refractivity contribution >= 4 is 11.9 Å². The normalized spacial score (nSPS) is 10.2. The molecular formula is C15H20FNO4. The summed E-state index contributed by atoms with van der Waals surface area (Å²) < 4.78 is 18.3. The van der Waals surface area contributed by atoms with Gasteiger partial charge >= 0.3 is 5.97 Å². The Labute approximate surface area is 123 Å². The molecule has 5 nitrogen and oxygen atoms in total. The lowest BCUT2D eigenvalue weighted by Crippen LogP contribution is -2.32. The van der Waals surface area contributed by atoms with Gasteiger partial charge in [0.15, 0.2) is 0 Å². The first-order valence-electron chi connectivity index (χ1n) is 6.91. The summed E-state index contributed by atoms with van der Waals surface area (Å²) in [5.41, 5.74) is 0. The van der Waals surface area contributed by atoms with E-state index in [0.717, 1.165) is 0 Å². The Morgan fingerprint density at radius 3 is 2.71 bits per heavy atom. The summed E-state index contributed by atoms with van der Waals surface area (Å²) in [7, 11) is 0. The minimum atomic E-state index is -0.921. The van der Waals surface area contributed by atoms with Crippen LogP contribution in [0.4, 0.5) is 4.39 Å². The predicted molar refractivity (Wildman–Crippen MR) is 75.6 cm³/mol. The van der Waals surface area contributed by atoms with Crippen molar-refractivity contribution in [2.24, 2.45) is 0 Å². The molecule has 0 saturated carbocycles. The van der Waals surface area contributed by atoms with Gasteiger partial charge in [-0.25, -0.2) is 4.39 Å². The van der Waals surface area contributed by atoms with Crippen molar-refractivity contribution in [3.05, 3.63) is 30.1 Å². The molecule has 0 radical (unpaired) electrons. The van der Waals surface area contributed by atoms with Crippen LogP contribution in [0, 0.1) is 5.82 Å². The van der Waals surface area contributed by atoms with E-state index in [2.05, 4.69) is 0 Å². The average Bonchev–Trinajstić information content (AvgIpc) is 2.44. The maximum Gasteiger partial charge on any atom is 0.305 e. The number of carboxylic acids is 1. The van der Waals surface area contributed by atoms with Crippen LogP contribution in [-0.2, 0) is 9.59 Å². The van der Waals surface area contributed by atoms with E-state index >= 15 is 0 Å². The van der Waals surface area contributed by atoms with E-state index in [1.807, 2.05) is 6.92 Å². The average molecular weight is 297 g/mol. The maximum absolute atomic E-state index is 12.9. The van der Waals surface area contributed by atoms with Crippen molar-refractivity contribution in [2.45, 2.75) is 26.2 Å². The molecule has 0 spiro atoms. The van der Waals surface area contributed by atoms with Gasteiger partial charge in [0.2, 0.25) is 5.91 Å². The fraction of sp³-hybridized carbons (Fsp3) is 0.467. The van der Waals surface area contributed by atoms with E-state index < -0.39 is 5.97 Å². The molecule has 21 heavy (non-hydrogen) atoms. The summed E-state index contributed by atoms with van der Waals surface area (Å²) in [6, 6.07) is 5.82. The second kappa shape index (κ2) is 8.94. The van der Waals surface area contributed by atoms with E-state index in [-0.39, 0.29) is 31.1 Å². The van der Waals surface area contributed by atoms with Gasteiger partial charge in [0, 0.05) is 25.6 Å². The molecule has 1 aromatic carbocycles. The van der Waals surface area contributed by atoms with E-state index in [4.69, 9.17) is 9.84 Å². The highest BCUT2D eigenvalue weighted by molar-refractivity contribution is 5.77. The number of nitrogens with zero attached hydrogens (tertiary/aromatic N) is 1. The Balaban J connectivity index is 2.27. The number of ether oxygens (including phenoxy) is 1. The maximum atomic E-state index is 12.9. The number of rotatable bonds is 9. The van der Waals surface area contributed by atoms with Crippen LogP contribution in [-0.4, -0.2) is 41.6 Å². The fourth-order valence-corrected chi connectivity index (χ4v) is 1.82. The molecular weight excluding hydrogens is 277 g/mol. The first-order valence-corrected chi connectivity index (χ1v) is 6.91. The Morgan fingerprint density at radius 1 is 1.33 bits per heavy atom. The monoisotopic (exact) mass is 297 g/mol. The fourth-order valence-electron chi connectivity index (χ4n) is 1.82. The van der Waals surface area contributed by atoms with E-state index in [1.165, 1.54) is 17.0 Å². The zero-order chi connectivity index (χ0) is 15.7. The van der Waals surface area contributed by atoms with Crippen LogP contribution < -0.4 is 4.74 Å². The standard InChI is InChI=1S/C15H20FNO4/c1-2-17(9-8-15(19)20)14(18)7-4-10-21-13-6-3-5-12(16)11-13/h3,5-6,11H,2,4,7-10H2,1H3,(H,19,20). The second-order valence-electron chi connectivity index (χ2n) is 4.53. The molecule has 0 aliphatic heterocycles. The molecule has 0 aromatic heterocycles. The zero-order valence-corrected chi connectivity index (χ0v) is 12.0. The van der Waals surface area contributed by atoms with Crippen molar-refractivity contribution < 1.29 is 23.8 Å². The zero-order valence-electron chi connectivity index (χ0n) is 12.0. The van der Waals surface area contributed by atoms with Crippen LogP contribution in [0.1, 0.15) is 26.2 Å². The number of carboxylic acid groups (broad SMARTS) is 1. The minimum Gasteiger partial charge on any atom is -0.493 e. The predicted octanol–water partition coefficient (Wildman–Crippen LogP) is 2.31. The number of hydrogen-bond donors (Lipinski definition) is 1. The summed E-state index contributed by atoms with van der Waals surface area (Å²) in [4.78, 5) is 23.9. The van der Waals surface area contributed by atoms with Crippen LogP contribution in [0.5, 0.6) is 5.75 Å². The summed E-state index contributed by atoms with van der Waals surface area (Å²) in [5, 5.41) is 8.61. The molecule has 0 aliphatic rings. The molecule has 0 atom stereocenters. The Morgan fingerprint density at radius 2 is 2.10 bits per heavy atom. The third-order valence-corrected chi connectivity index (χ3v) is 2.93. The first kappa shape index (κ1) is 16.9. The van der Waals surface area contributed by atoms with Crippen molar-refractivity contribution in [2.75, 3.05) is 19.7 Å². The molecule has 0 aliphatic carbocycles. The van der Waals surface area contributed by atoms with Crippen molar-refractivity contribution in [1.29, 1.82) is 0 Å². The second-order valence-corrected chi connectivity index (χ2v) is 4.53. The number of hydrogen-bond acceptors (Lipinski definition) is 3. The van der Waals surface area contributed by atoms with Gasteiger partial charge in [-0.3, -0.25) is 9.59 Å². The Bertz CT molecular complexity index is 478. The van der Waals surface area contributed by atoms with Crippen LogP contribution in [0.2, 0.25) is 0 Å². The van der Waals surface area contributed by atoms with Crippen molar-refractivity contribution in [1.82, 2.24) is 4.90 Å². The number of carbonyl (C=O) groups is 2. The molecule has 0 saturated heterocycles. The molecule has 1 aromatic rings. The smallest absolute Gasteiger partial charge is 0.305 e. The minimum absolute atomic E-state index is 0.0562. The number of benzene rings is 1. The van der Waals surface area contributed by atoms with Crippen molar-refractivity contribution in [3.8, 4) is 5.75 Å². The van der Waals surface area contributed by atoms with Crippen molar-refractivity contribution in [3.63, 3.8) is 0 Å². The van der Waals surface area contributed by atoms with E-state index in [9.17, 15) is 14.0 Å². The molecule has 0 unspecified atom stereocenters. The third-order valence-electron chi connectivity index (χ3n) is 2.93. The summed E-state index contributed by atoms with van der Waals surface area (Å²) >= 11 is 0. The number of carbonyl (C=O) groups excluding carboxylic acids is 1. The molecule has 6 heteroatoms. The number of amides is 1. The van der Waals surface area contributed by atoms with Gasteiger partial charge in [-0.05, 0) is 25.5 Å². The quantitative estimate of drug-likeness (QED) is 0.710. The molecule has 1 rings (SSSR count). The van der Waals surface area contributed by atoms with Gasteiger partial charge in [-0.2, -0.15) is 0 Å². The largest absolute Gasteiger partial charge is 0.493 e. The third kappa shape index (κ3) is 6.74. The van der Waals surface area contributed by atoms with Crippen LogP contribution in [0.15, 0.2) is 24.3 Å². The topological polar surface area (TPSA) is 66.8 Å². The highest BCUT2D eigenvalue weighted by atomic mass is 19.1. The SMILES string of the molecule is CCN(CCC(=O)O)C(=O)CCCOc1cccc(F)c1. The van der Waals surface area contributed by atoms with Crippen LogP contribution in [0.25, 0.3) is 0 Å². The number of halogens is 1.